The minimum Gasteiger partial charge on any atom is -0.465 e. The molecular formula is C15H19Br2N3O4. The average molecular weight is 465 g/mol. The van der Waals surface area contributed by atoms with Crippen LogP contribution in [0.1, 0.15) is 22.8 Å². The minimum atomic E-state index is -0.889. The van der Waals surface area contributed by atoms with Gasteiger partial charge < -0.3 is 20.5 Å². The monoisotopic (exact) mass is 463 g/mol. The predicted octanol–water partition coefficient (Wildman–Crippen LogP) is 2.77. The van der Waals surface area contributed by atoms with Crippen LogP contribution in [0.4, 0.5) is 10.5 Å². The Labute approximate surface area is 157 Å². The van der Waals surface area contributed by atoms with Crippen molar-refractivity contribution in [3.05, 3.63) is 26.1 Å². The van der Waals surface area contributed by atoms with Gasteiger partial charge in [0.05, 0.1) is 17.9 Å². The standard InChI is InChI=1S/C15H19Br2N3O4/c1-2-24-14(21)9-7-11(16)10(12(17)13(9)18)8-19-3-5-20(6-4-19)15(22)23/h7H,2-6,8,18H2,1H3,(H,22,23). The maximum Gasteiger partial charge on any atom is 0.407 e. The molecular weight excluding hydrogens is 446 g/mol. The number of esters is 1. The van der Waals surface area contributed by atoms with E-state index in [1.807, 2.05) is 0 Å². The van der Waals surface area contributed by atoms with Crippen molar-refractivity contribution in [2.24, 2.45) is 0 Å². The molecule has 1 aromatic carbocycles. The van der Waals surface area contributed by atoms with E-state index in [9.17, 15) is 9.59 Å². The van der Waals surface area contributed by atoms with Crippen LogP contribution < -0.4 is 5.73 Å². The molecule has 0 atom stereocenters. The second-order valence-electron chi connectivity index (χ2n) is 5.38. The maximum atomic E-state index is 12.0. The number of nitrogens with two attached hydrogens (primary N) is 1. The molecule has 1 saturated heterocycles. The van der Waals surface area contributed by atoms with Crippen molar-refractivity contribution in [1.82, 2.24) is 9.80 Å². The fourth-order valence-corrected chi connectivity index (χ4v) is 3.89. The molecule has 1 fully saturated rings. The Balaban J connectivity index is 2.16. The van der Waals surface area contributed by atoms with E-state index < -0.39 is 12.1 Å². The van der Waals surface area contributed by atoms with Crippen LogP contribution in [0.2, 0.25) is 0 Å². The van der Waals surface area contributed by atoms with Crippen LogP contribution >= 0.6 is 31.9 Å². The zero-order valence-electron chi connectivity index (χ0n) is 13.2. The highest BCUT2D eigenvalue weighted by molar-refractivity contribution is 9.11. The van der Waals surface area contributed by atoms with Crippen molar-refractivity contribution in [2.75, 3.05) is 38.5 Å². The van der Waals surface area contributed by atoms with Crippen LogP contribution in [0.5, 0.6) is 0 Å². The normalized spacial score (nSPS) is 15.4. The summed E-state index contributed by atoms with van der Waals surface area (Å²) < 4.78 is 6.42. The Hall–Kier alpha value is -1.32. The van der Waals surface area contributed by atoms with E-state index in [-0.39, 0.29) is 6.61 Å². The van der Waals surface area contributed by atoms with Gasteiger partial charge >= 0.3 is 12.1 Å². The lowest BCUT2D eigenvalue weighted by Gasteiger charge is -2.33. The Morgan fingerprint density at radius 1 is 1.29 bits per heavy atom. The molecule has 0 spiro atoms. The summed E-state index contributed by atoms with van der Waals surface area (Å²) in [4.78, 5) is 26.5. The second kappa shape index (κ2) is 8.17. The highest BCUT2D eigenvalue weighted by Crippen LogP contribution is 2.35. The van der Waals surface area contributed by atoms with Crippen molar-refractivity contribution in [2.45, 2.75) is 13.5 Å². The van der Waals surface area contributed by atoms with Crippen LogP contribution in [-0.2, 0) is 11.3 Å². The Morgan fingerprint density at radius 3 is 2.46 bits per heavy atom. The van der Waals surface area contributed by atoms with E-state index in [2.05, 4.69) is 36.8 Å². The van der Waals surface area contributed by atoms with Gasteiger partial charge in [-0.1, -0.05) is 15.9 Å². The first-order valence-corrected chi connectivity index (χ1v) is 9.07. The number of carbonyl (C=O) groups excluding carboxylic acids is 1. The summed E-state index contributed by atoms with van der Waals surface area (Å²) >= 11 is 6.96. The molecule has 1 heterocycles. The van der Waals surface area contributed by atoms with Gasteiger partial charge in [-0.15, -0.1) is 0 Å². The molecule has 0 bridgehead atoms. The first kappa shape index (κ1) is 19.0. The van der Waals surface area contributed by atoms with Crippen LogP contribution in [-0.4, -0.2) is 59.8 Å². The van der Waals surface area contributed by atoms with Gasteiger partial charge in [0.15, 0.2) is 0 Å². The molecule has 1 aliphatic rings. The van der Waals surface area contributed by atoms with Crippen LogP contribution in [0.25, 0.3) is 0 Å². The van der Waals surface area contributed by atoms with Gasteiger partial charge in [0.1, 0.15) is 0 Å². The molecule has 24 heavy (non-hydrogen) atoms. The minimum absolute atomic E-state index is 0.281. The van der Waals surface area contributed by atoms with Gasteiger partial charge in [-0.2, -0.15) is 0 Å². The highest BCUT2D eigenvalue weighted by atomic mass is 79.9. The molecule has 0 unspecified atom stereocenters. The van der Waals surface area contributed by atoms with Crippen molar-refractivity contribution < 1.29 is 19.4 Å². The quantitative estimate of drug-likeness (QED) is 0.525. The summed E-state index contributed by atoms with van der Waals surface area (Å²) in [6.45, 7) is 4.85. The Morgan fingerprint density at radius 2 is 1.92 bits per heavy atom. The highest BCUT2D eigenvalue weighted by Gasteiger charge is 2.24. The second-order valence-corrected chi connectivity index (χ2v) is 7.03. The lowest BCUT2D eigenvalue weighted by Crippen LogP contribution is -2.47. The topological polar surface area (TPSA) is 96.1 Å². The molecule has 0 aromatic heterocycles. The lowest BCUT2D eigenvalue weighted by atomic mass is 10.1. The Kier molecular flexibility index (Phi) is 6.47. The summed E-state index contributed by atoms with van der Waals surface area (Å²) in [6.07, 6.45) is -0.889. The van der Waals surface area contributed by atoms with Crippen LogP contribution in [0, 0.1) is 0 Å². The number of halogens is 2. The molecule has 3 N–H and O–H groups in total. The number of nitrogens with zero attached hydrogens (tertiary/aromatic N) is 2. The van der Waals surface area contributed by atoms with E-state index in [1.54, 1.807) is 13.0 Å². The molecule has 0 aliphatic carbocycles. The number of rotatable bonds is 4. The largest absolute Gasteiger partial charge is 0.465 e. The number of benzene rings is 1. The number of piperazine rings is 1. The van der Waals surface area contributed by atoms with Crippen LogP contribution in [0.3, 0.4) is 0 Å². The first-order chi connectivity index (χ1) is 11.3. The van der Waals surface area contributed by atoms with Crippen molar-refractivity contribution in [1.29, 1.82) is 0 Å². The van der Waals surface area contributed by atoms with Crippen LogP contribution in [0.15, 0.2) is 15.0 Å². The molecule has 1 amide bonds. The van der Waals surface area contributed by atoms with Gasteiger partial charge in [0.25, 0.3) is 0 Å². The van der Waals surface area contributed by atoms with Crippen molar-refractivity contribution >= 4 is 49.6 Å². The van der Waals surface area contributed by atoms with Gasteiger partial charge in [0, 0.05) is 41.7 Å². The van der Waals surface area contributed by atoms with Gasteiger partial charge in [0.2, 0.25) is 0 Å². The number of nitrogen functional groups attached to an aromatic ring is 1. The van der Waals surface area contributed by atoms with E-state index in [0.29, 0.717) is 48.4 Å². The molecule has 2 rings (SSSR count). The summed E-state index contributed by atoms with van der Waals surface area (Å²) in [7, 11) is 0. The van der Waals surface area contributed by atoms with Crippen molar-refractivity contribution in [3.63, 3.8) is 0 Å². The van der Waals surface area contributed by atoms with Crippen molar-refractivity contribution in [3.8, 4) is 0 Å². The third-order valence-electron chi connectivity index (χ3n) is 3.87. The predicted molar refractivity (Wildman–Crippen MR) is 97.1 cm³/mol. The molecule has 7 nitrogen and oxygen atoms in total. The maximum absolute atomic E-state index is 12.0. The first-order valence-electron chi connectivity index (χ1n) is 7.48. The Bertz CT molecular complexity index is 646. The fourth-order valence-electron chi connectivity index (χ4n) is 2.52. The number of carbonyl (C=O) groups is 2. The number of anilines is 1. The van der Waals surface area contributed by atoms with Gasteiger partial charge in [-0.3, -0.25) is 4.90 Å². The molecule has 1 aliphatic heterocycles. The van der Waals surface area contributed by atoms with Gasteiger partial charge in [-0.05, 0) is 34.5 Å². The summed E-state index contributed by atoms with van der Waals surface area (Å²) in [6, 6.07) is 1.67. The molecule has 132 valence electrons. The summed E-state index contributed by atoms with van der Waals surface area (Å²) in [5.74, 6) is -0.460. The zero-order valence-corrected chi connectivity index (χ0v) is 16.4. The summed E-state index contributed by atoms with van der Waals surface area (Å²) in [5, 5.41) is 9.00. The molecule has 0 saturated carbocycles. The van der Waals surface area contributed by atoms with E-state index in [0.717, 1.165) is 10.0 Å². The van der Waals surface area contributed by atoms with E-state index in [4.69, 9.17) is 15.6 Å². The van der Waals surface area contributed by atoms with E-state index >= 15 is 0 Å². The zero-order chi connectivity index (χ0) is 17.9. The number of hydrogen-bond acceptors (Lipinski definition) is 5. The fraction of sp³-hybridized carbons (Fsp3) is 0.467. The molecule has 0 radical (unpaired) electrons. The summed E-state index contributed by atoms with van der Waals surface area (Å²) in [5.41, 5.74) is 7.66. The number of amides is 1. The SMILES string of the molecule is CCOC(=O)c1cc(Br)c(CN2CCN(C(=O)O)CC2)c(Br)c1N. The molecule has 9 heteroatoms. The van der Waals surface area contributed by atoms with E-state index in [1.165, 1.54) is 4.90 Å². The number of hydrogen-bond donors (Lipinski definition) is 2. The average Bonchev–Trinajstić information content (AvgIpc) is 2.55. The lowest BCUT2D eigenvalue weighted by molar-refractivity contribution is 0.0527. The smallest absolute Gasteiger partial charge is 0.407 e. The number of carboxylic acid groups (broad SMARTS) is 1. The third kappa shape index (κ3) is 4.20. The third-order valence-corrected chi connectivity index (χ3v) is 5.48. The number of ether oxygens (including phenoxy) is 1. The van der Waals surface area contributed by atoms with Gasteiger partial charge in [-0.25, -0.2) is 9.59 Å². The molecule has 1 aromatic rings.